The van der Waals surface area contributed by atoms with Gasteiger partial charge in [0.25, 0.3) is 0 Å². The van der Waals surface area contributed by atoms with Crippen LogP contribution in [0.3, 0.4) is 0 Å². The number of allylic oxidation sites excluding steroid dienone is 1. The van der Waals surface area contributed by atoms with Crippen molar-refractivity contribution in [2.24, 2.45) is 0 Å². The minimum absolute atomic E-state index is 0. The Morgan fingerprint density at radius 2 is 1.36 bits per heavy atom. The summed E-state index contributed by atoms with van der Waals surface area (Å²) in [5, 5.41) is 0. The Bertz CT molecular complexity index is 89.0. The van der Waals surface area contributed by atoms with Gasteiger partial charge >= 0.3 is 0 Å². The average molecular weight is 162 g/mol. The molecular weight excluding hydrogens is 136 g/mol. The zero-order chi connectivity index (χ0) is 6.57. The monoisotopic (exact) mass is 162 g/mol. The molecule has 0 atom stereocenters. The fourth-order valence-corrected chi connectivity index (χ4v) is 0.361. The maximum atomic E-state index is 4.91. The Hall–Kier alpha value is -0.300. The largest absolute Gasteiger partial charge is 0.380 e. The molecule has 0 spiro atoms. The molecule has 0 aliphatic carbocycles. The second-order valence-electron chi connectivity index (χ2n) is 2.21. The number of ether oxygens (including phenoxy) is 1. The lowest BCUT2D eigenvalue weighted by Gasteiger charge is -1.99. The van der Waals surface area contributed by atoms with E-state index in [1.807, 2.05) is 0 Å². The van der Waals surface area contributed by atoms with Crippen LogP contribution in [0.2, 0.25) is 0 Å². The molecule has 0 unspecified atom stereocenters. The van der Waals surface area contributed by atoms with Crippen LogP contribution in [0.1, 0.15) is 43.1 Å². The van der Waals surface area contributed by atoms with Crippen LogP contribution in [0.25, 0.3) is 0 Å². The summed E-state index contributed by atoms with van der Waals surface area (Å²) in [6.45, 7) is 7.03. The van der Waals surface area contributed by atoms with Crippen molar-refractivity contribution in [2.75, 3.05) is 13.7 Å². The van der Waals surface area contributed by atoms with Crippen LogP contribution in [0.4, 0.5) is 0 Å². The molecule has 0 aromatic rings. The summed E-state index contributed by atoms with van der Waals surface area (Å²) in [4.78, 5) is 0. The van der Waals surface area contributed by atoms with Crippen LogP contribution in [-0.2, 0) is 4.74 Å². The molecule has 0 N–H and O–H groups in total. The fourth-order valence-electron chi connectivity index (χ4n) is 0.361. The van der Waals surface area contributed by atoms with Crippen molar-refractivity contribution in [1.82, 2.24) is 0 Å². The highest BCUT2D eigenvalue weighted by atomic mass is 16.5. The molecule has 0 heterocycles. The van der Waals surface area contributed by atoms with Gasteiger partial charge in [0.15, 0.2) is 0 Å². The van der Waals surface area contributed by atoms with Crippen molar-refractivity contribution in [3.63, 3.8) is 0 Å². The Morgan fingerprint density at radius 3 is 1.45 bits per heavy atom. The van der Waals surface area contributed by atoms with E-state index < -0.39 is 0 Å². The molecule has 0 saturated carbocycles. The van der Waals surface area contributed by atoms with E-state index in [1.165, 1.54) is 11.1 Å². The zero-order valence-corrected chi connectivity index (χ0v) is 6.12. The first-order valence-corrected chi connectivity index (χ1v) is 2.80. The number of hydrogen-bond donors (Lipinski definition) is 0. The smallest absolute Gasteiger partial charge is 0.0672 e. The van der Waals surface area contributed by atoms with E-state index in [9.17, 15) is 0 Å². The summed E-state index contributed by atoms with van der Waals surface area (Å²) in [5.41, 5.74) is 2.68. The van der Waals surface area contributed by atoms with Crippen molar-refractivity contribution in [3.05, 3.63) is 11.1 Å². The Labute approximate surface area is 73.5 Å². The van der Waals surface area contributed by atoms with Gasteiger partial charge in [-0.3, -0.25) is 0 Å². The number of rotatable bonds is 2. The lowest BCUT2D eigenvalue weighted by Crippen LogP contribution is -1.90. The van der Waals surface area contributed by atoms with E-state index >= 15 is 0 Å². The van der Waals surface area contributed by atoms with Gasteiger partial charge in [-0.2, -0.15) is 0 Å². The molecule has 0 saturated heterocycles. The molecule has 1 nitrogen and oxygen atoms in total. The summed E-state index contributed by atoms with van der Waals surface area (Å²) in [6, 6.07) is 0. The van der Waals surface area contributed by atoms with Gasteiger partial charge in [-0.05, 0) is 26.3 Å². The highest BCUT2D eigenvalue weighted by Gasteiger charge is 1.87. The van der Waals surface area contributed by atoms with Crippen LogP contribution in [0.15, 0.2) is 11.1 Å². The van der Waals surface area contributed by atoms with Gasteiger partial charge in [0, 0.05) is 7.11 Å². The Balaban J connectivity index is -0.0000000817. The molecule has 1 heteroatoms. The van der Waals surface area contributed by atoms with Crippen LogP contribution in [0, 0.1) is 0 Å². The van der Waals surface area contributed by atoms with Crippen molar-refractivity contribution in [1.29, 1.82) is 0 Å². The molecule has 11 heavy (non-hydrogen) atoms. The molecule has 0 fully saturated rings. The van der Waals surface area contributed by atoms with E-state index in [0.717, 1.165) is 6.61 Å². The maximum absolute atomic E-state index is 4.91. The van der Waals surface area contributed by atoms with Crippen molar-refractivity contribution in [3.8, 4) is 0 Å². The van der Waals surface area contributed by atoms with Gasteiger partial charge in [-0.25, -0.2) is 0 Å². The molecule has 0 bridgehead atoms. The SMILES string of the molecule is C.C.C.COCC(C)=C(C)C. The standard InChI is InChI=1S/C7H14O.3CH4/c1-6(2)7(3)5-8-4;;;/h5H2,1-4H3;3*1H4. The topological polar surface area (TPSA) is 9.23 Å². The van der Waals surface area contributed by atoms with Gasteiger partial charge in [0.1, 0.15) is 0 Å². The van der Waals surface area contributed by atoms with Crippen LogP contribution >= 0.6 is 0 Å². The molecule has 0 aromatic heterocycles. The number of methoxy groups -OCH3 is 1. The summed E-state index contributed by atoms with van der Waals surface area (Å²) >= 11 is 0. The maximum Gasteiger partial charge on any atom is 0.0672 e. The second-order valence-corrected chi connectivity index (χ2v) is 2.21. The number of hydrogen-bond acceptors (Lipinski definition) is 1. The molecule has 0 radical (unpaired) electrons. The molecule has 72 valence electrons. The highest BCUT2D eigenvalue weighted by Crippen LogP contribution is 2.00. The van der Waals surface area contributed by atoms with Gasteiger partial charge < -0.3 is 4.74 Å². The molecular formula is C10H26O. The van der Waals surface area contributed by atoms with E-state index in [0.29, 0.717) is 0 Å². The van der Waals surface area contributed by atoms with E-state index in [4.69, 9.17) is 4.74 Å². The fraction of sp³-hybridized carbons (Fsp3) is 0.800. The zero-order valence-electron chi connectivity index (χ0n) is 6.12. The molecule has 0 aromatic carbocycles. The first-order valence-electron chi connectivity index (χ1n) is 2.80. The minimum atomic E-state index is 0. The van der Waals surface area contributed by atoms with Gasteiger partial charge in [-0.1, -0.05) is 27.9 Å². The van der Waals surface area contributed by atoms with Crippen LogP contribution in [0.5, 0.6) is 0 Å². The van der Waals surface area contributed by atoms with Crippen LogP contribution in [-0.4, -0.2) is 13.7 Å². The van der Waals surface area contributed by atoms with E-state index in [-0.39, 0.29) is 22.3 Å². The van der Waals surface area contributed by atoms with Crippen molar-refractivity contribution >= 4 is 0 Å². The first kappa shape index (κ1) is 22.4. The molecule has 0 aliphatic rings. The van der Waals surface area contributed by atoms with Gasteiger partial charge in [0.05, 0.1) is 6.61 Å². The third-order valence-electron chi connectivity index (χ3n) is 1.21. The summed E-state index contributed by atoms with van der Waals surface area (Å²) in [5.74, 6) is 0. The second kappa shape index (κ2) is 12.4. The lowest BCUT2D eigenvalue weighted by molar-refractivity contribution is 0.225. The Morgan fingerprint density at radius 1 is 1.00 bits per heavy atom. The molecule has 0 rings (SSSR count). The van der Waals surface area contributed by atoms with Crippen molar-refractivity contribution < 1.29 is 4.74 Å². The average Bonchev–Trinajstić information content (AvgIpc) is 1.67. The van der Waals surface area contributed by atoms with E-state index in [2.05, 4.69) is 20.8 Å². The highest BCUT2D eigenvalue weighted by molar-refractivity contribution is 5.06. The Kier molecular flexibility index (Phi) is 25.2. The quantitative estimate of drug-likeness (QED) is 0.560. The van der Waals surface area contributed by atoms with Crippen LogP contribution < -0.4 is 0 Å². The van der Waals surface area contributed by atoms with Gasteiger partial charge in [0.2, 0.25) is 0 Å². The lowest BCUT2D eigenvalue weighted by atomic mass is 10.2. The van der Waals surface area contributed by atoms with Gasteiger partial charge in [-0.15, -0.1) is 0 Å². The summed E-state index contributed by atoms with van der Waals surface area (Å²) < 4.78 is 4.91. The molecule has 0 amide bonds. The van der Waals surface area contributed by atoms with E-state index in [1.54, 1.807) is 7.11 Å². The predicted octanol–water partition coefficient (Wildman–Crippen LogP) is 3.90. The normalized spacial score (nSPS) is 6.55. The summed E-state index contributed by atoms with van der Waals surface area (Å²) in [6.07, 6.45) is 0. The predicted molar refractivity (Wildman–Crippen MR) is 56.1 cm³/mol. The third kappa shape index (κ3) is 12.8. The molecule has 0 aliphatic heterocycles. The van der Waals surface area contributed by atoms with Crippen molar-refractivity contribution in [2.45, 2.75) is 43.1 Å². The third-order valence-corrected chi connectivity index (χ3v) is 1.21. The first-order chi connectivity index (χ1) is 3.68. The summed E-state index contributed by atoms with van der Waals surface area (Å²) in [7, 11) is 1.71. The minimum Gasteiger partial charge on any atom is -0.380 e.